The number of hydrogen-bond acceptors (Lipinski definition) is 5. The number of carbonyl (C=O) groups is 1. The van der Waals surface area contributed by atoms with E-state index in [0.29, 0.717) is 0 Å². The second kappa shape index (κ2) is 8.93. The third-order valence-corrected chi connectivity index (χ3v) is 5.60. The molecule has 0 fully saturated rings. The van der Waals surface area contributed by atoms with E-state index in [4.69, 9.17) is 9.88 Å². The SMILES string of the molecule is COc1cc(C(=O)Nc2ccc(-c3ccccc3C(F)(F)F)c(C#N)c2)ccc1S(N)(=O)=O. The Hall–Kier alpha value is -3.88. The first-order valence-corrected chi connectivity index (χ1v) is 10.7. The van der Waals surface area contributed by atoms with Crippen molar-refractivity contribution in [3.05, 3.63) is 77.4 Å². The van der Waals surface area contributed by atoms with Crippen LogP contribution in [-0.4, -0.2) is 21.4 Å². The third kappa shape index (κ3) is 5.14. The summed E-state index contributed by atoms with van der Waals surface area (Å²) < 4.78 is 68.3. The maximum Gasteiger partial charge on any atom is 0.417 e. The first-order valence-electron chi connectivity index (χ1n) is 9.18. The van der Waals surface area contributed by atoms with Crippen LogP contribution >= 0.6 is 0 Å². The fraction of sp³-hybridized carbons (Fsp3) is 0.0909. The van der Waals surface area contributed by atoms with Crippen molar-refractivity contribution in [3.63, 3.8) is 0 Å². The Bertz CT molecular complexity index is 1380. The molecule has 0 unspecified atom stereocenters. The fourth-order valence-corrected chi connectivity index (χ4v) is 3.84. The lowest BCUT2D eigenvalue weighted by atomic mass is 9.95. The Morgan fingerprint density at radius 2 is 1.76 bits per heavy atom. The van der Waals surface area contributed by atoms with Crippen molar-refractivity contribution >= 4 is 21.6 Å². The van der Waals surface area contributed by atoms with E-state index < -0.39 is 27.7 Å². The van der Waals surface area contributed by atoms with E-state index in [2.05, 4.69) is 5.32 Å². The molecule has 0 aliphatic rings. The number of nitrogens with one attached hydrogen (secondary N) is 1. The van der Waals surface area contributed by atoms with Crippen molar-refractivity contribution in [2.24, 2.45) is 5.14 Å². The number of halogens is 3. The monoisotopic (exact) mass is 475 g/mol. The molecule has 0 aliphatic heterocycles. The number of methoxy groups -OCH3 is 1. The molecule has 11 heteroatoms. The molecule has 3 aromatic rings. The Balaban J connectivity index is 1.95. The summed E-state index contributed by atoms with van der Waals surface area (Å²) in [4.78, 5) is 12.3. The molecule has 3 N–H and O–H groups in total. The minimum atomic E-state index is -4.61. The zero-order valence-corrected chi connectivity index (χ0v) is 17.8. The highest BCUT2D eigenvalue weighted by Gasteiger charge is 2.33. The summed E-state index contributed by atoms with van der Waals surface area (Å²) in [6.45, 7) is 0. The summed E-state index contributed by atoms with van der Waals surface area (Å²) in [5, 5.41) is 17.1. The molecule has 0 atom stereocenters. The van der Waals surface area contributed by atoms with E-state index in [1.54, 1.807) is 0 Å². The van der Waals surface area contributed by atoms with Gasteiger partial charge in [-0.3, -0.25) is 4.79 Å². The van der Waals surface area contributed by atoms with Crippen LogP contribution in [0.25, 0.3) is 11.1 Å². The summed E-state index contributed by atoms with van der Waals surface area (Å²) in [6, 6.07) is 14.1. The van der Waals surface area contributed by atoms with Crippen molar-refractivity contribution in [1.82, 2.24) is 0 Å². The summed E-state index contributed by atoms with van der Waals surface area (Å²) in [5.74, 6) is -0.802. The van der Waals surface area contributed by atoms with Crippen LogP contribution in [0.1, 0.15) is 21.5 Å². The number of nitrogens with zero attached hydrogens (tertiary/aromatic N) is 1. The number of nitriles is 1. The predicted molar refractivity (Wildman–Crippen MR) is 114 cm³/mol. The number of rotatable bonds is 5. The van der Waals surface area contributed by atoms with E-state index in [1.165, 1.54) is 55.6 Å². The fourth-order valence-electron chi connectivity index (χ4n) is 3.16. The molecule has 170 valence electrons. The molecule has 0 radical (unpaired) electrons. The number of benzene rings is 3. The molecule has 0 saturated heterocycles. The van der Waals surface area contributed by atoms with Crippen molar-refractivity contribution in [1.29, 1.82) is 5.26 Å². The van der Waals surface area contributed by atoms with Gasteiger partial charge in [-0.25, -0.2) is 13.6 Å². The second-order valence-corrected chi connectivity index (χ2v) is 8.31. The quantitative estimate of drug-likeness (QED) is 0.574. The highest BCUT2D eigenvalue weighted by Crippen LogP contribution is 2.38. The van der Waals surface area contributed by atoms with Gasteiger partial charge in [-0.2, -0.15) is 18.4 Å². The van der Waals surface area contributed by atoms with Gasteiger partial charge in [-0.05, 0) is 42.0 Å². The number of primary sulfonamides is 1. The zero-order valence-electron chi connectivity index (χ0n) is 17.0. The van der Waals surface area contributed by atoms with Crippen molar-refractivity contribution in [2.45, 2.75) is 11.1 Å². The normalized spacial score (nSPS) is 11.5. The first kappa shape index (κ1) is 23.8. The first-order chi connectivity index (χ1) is 15.5. The average molecular weight is 475 g/mol. The van der Waals surface area contributed by atoms with Gasteiger partial charge in [0.15, 0.2) is 0 Å². The number of anilines is 1. The Labute approximate surface area is 187 Å². The highest BCUT2D eigenvalue weighted by atomic mass is 32.2. The largest absolute Gasteiger partial charge is 0.495 e. The van der Waals surface area contributed by atoms with Gasteiger partial charge in [-0.1, -0.05) is 24.3 Å². The van der Waals surface area contributed by atoms with Crippen molar-refractivity contribution in [3.8, 4) is 22.9 Å². The summed E-state index contributed by atoms with van der Waals surface area (Å²) in [5.41, 5.74) is -0.888. The van der Waals surface area contributed by atoms with Gasteiger partial charge in [0.2, 0.25) is 10.0 Å². The van der Waals surface area contributed by atoms with Gasteiger partial charge in [0, 0.05) is 16.8 Å². The number of carbonyl (C=O) groups excluding carboxylic acids is 1. The van der Waals surface area contributed by atoms with Crippen LogP contribution in [0.5, 0.6) is 5.75 Å². The Kier molecular flexibility index (Phi) is 6.44. The number of alkyl halides is 3. The van der Waals surface area contributed by atoms with Gasteiger partial charge in [-0.15, -0.1) is 0 Å². The topological polar surface area (TPSA) is 122 Å². The van der Waals surface area contributed by atoms with E-state index in [-0.39, 0.29) is 38.6 Å². The van der Waals surface area contributed by atoms with Crippen LogP contribution in [0.3, 0.4) is 0 Å². The van der Waals surface area contributed by atoms with Crippen LogP contribution in [0.2, 0.25) is 0 Å². The standard InChI is InChI=1S/C22H16F3N3O4S/c1-32-19-11-13(6-9-20(19)33(27,30)31)21(29)28-15-7-8-16(14(10-15)12-26)17-4-2-3-5-18(17)22(23,24)25/h2-11H,1H3,(H,28,29)(H2,27,30,31). The van der Waals surface area contributed by atoms with Crippen LogP contribution in [0.4, 0.5) is 18.9 Å². The molecule has 0 aromatic heterocycles. The Morgan fingerprint density at radius 3 is 2.36 bits per heavy atom. The van der Waals surface area contributed by atoms with Crippen molar-refractivity contribution < 1.29 is 31.1 Å². The van der Waals surface area contributed by atoms with Gasteiger partial charge < -0.3 is 10.1 Å². The van der Waals surface area contributed by atoms with Gasteiger partial charge >= 0.3 is 6.18 Å². The van der Waals surface area contributed by atoms with E-state index >= 15 is 0 Å². The minimum absolute atomic E-state index is 0.0317. The lowest BCUT2D eigenvalue weighted by Gasteiger charge is -2.15. The van der Waals surface area contributed by atoms with Crippen LogP contribution in [0, 0.1) is 11.3 Å². The summed E-state index contributed by atoms with van der Waals surface area (Å²) in [6.07, 6.45) is -4.61. The Morgan fingerprint density at radius 1 is 1.06 bits per heavy atom. The van der Waals surface area contributed by atoms with Gasteiger partial charge in [0.25, 0.3) is 5.91 Å². The third-order valence-electron chi connectivity index (χ3n) is 4.65. The second-order valence-electron chi connectivity index (χ2n) is 6.78. The van der Waals surface area contributed by atoms with Gasteiger partial charge in [0.1, 0.15) is 10.6 Å². The molecule has 3 aromatic carbocycles. The molecule has 3 rings (SSSR count). The maximum atomic E-state index is 13.4. The predicted octanol–water partition coefficient (Wildman–Crippen LogP) is 4.15. The number of ether oxygens (including phenoxy) is 1. The average Bonchev–Trinajstić information content (AvgIpc) is 2.77. The number of nitrogens with two attached hydrogens (primary N) is 1. The molecule has 0 spiro atoms. The molecule has 33 heavy (non-hydrogen) atoms. The molecule has 0 heterocycles. The minimum Gasteiger partial charge on any atom is -0.495 e. The van der Waals surface area contributed by atoms with E-state index in [0.717, 1.165) is 12.1 Å². The number of sulfonamides is 1. The van der Waals surface area contributed by atoms with Crippen LogP contribution in [-0.2, 0) is 16.2 Å². The molecule has 1 amide bonds. The molecular formula is C22H16F3N3O4S. The molecular weight excluding hydrogens is 459 g/mol. The molecule has 0 aliphatic carbocycles. The smallest absolute Gasteiger partial charge is 0.417 e. The van der Waals surface area contributed by atoms with Crippen molar-refractivity contribution in [2.75, 3.05) is 12.4 Å². The van der Waals surface area contributed by atoms with Gasteiger partial charge in [0.05, 0.1) is 24.3 Å². The molecule has 0 saturated carbocycles. The number of hydrogen-bond donors (Lipinski definition) is 2. The van der Waals surface area contributed by atoms with Crippen LogP contribution in [0.15, 0.2) is 65.6 Å². The lowest BCUT2D eigenvalue weighted by molar-refractivity contribution is -0.137. The summed E-state index contributed by atoms with van der Waals surface area (Å²) in [7, 11) is -2.86. The molecule has 0 bridgehead atoms. The van der Waals surface area contributed by atoms with E-state index in [9.17, 15) is 31.6 Å². The zero-order chi connectivity index (χ0) is 24.4. The maximum absolute atomic E-state index is 13.4. The van der Waals surface area contributed by atoms with E-state index in [1.807, 2.05) is 6.07 Å². The number of amides is 1. The highest BCUT2D eigenvalue weighted by molar-refractivity contribution is 7.89. The van der Waals surface area contributed by atoms with Crippen LogP contribution < -0.4 is 15.2 Å². The summed E-state index contributed by atoms with van der Waals surface area (Å²) >= 11 is 0. The molecule has 7 nitrogen and oxygen atoms in total. The lowest BCUT2D eigenvalue weighted by Crippen LogP contribution is -2.16.